The Morgan fingerprint density at radius 3 is 2.68 bits per heavy atom. The number of halogens is 2. The van der Waals surface area contributed by atoms with Gasteiger partial charge in [-0.25, -0.2) is 4.39 Å². The van der Waals surface area contributed by atoms with Crippen LogP contribution in [0, 0.1) is 12.7 Å². The van der Waals surface area contributed by atoms with Crippen LogP contribution in [0.25, 0.3) is 10.2 Å². The largest absolute Gasteiger partial charge is 0.319 e. The van der Waals surface area contributed by atoms with Crippen molar-refractivity contribution in [1.29, 1.82) is 0 Å². The number of aryl methyl sites for hydroxylation is 2. The number of hydrogen-bond acceptors (Lipinski definition) is 3. The molecule has 0 aliphatic heterocycles. The molecule has 0 radical (unpaired) electrons. The molecule has 0 atom stereocenters. The van der Waals surface area contributed by atoms with Crippen LogP contribution in [0.3, 0.4) is 0 Å². The topological polar surface area (TPSA) is 34.4 Å². The molecule has 3 rings (SSSR count). The quantitative estimate of drug-likeness (QED) is 0.587. The van der Waals surface area contributed by atoms with Gasteiger partial charge in [0, 0.05) is 24.1 Å². The highest BCUT2D eigenvalue weighted by molar-refractivity contribution is 7.99. The first-order chi connectivity index (χ1) is 12.0. The van der Waals surface area contributed by atoms with Crippen molar-refractivity contribution >= 4 is 50.8 Å². The van der Waals surface area contributed by atoms with Gasteiger partial charge >= 0.3 is 0 Å². The number of fused-ring (bicyclic) bond motifs is 1. The second-order valence-electron chi connectivity index (χ2n) is 5.54. The van der Waals surface area contributed by atoms with Crippen molar-refractivity contribution in [2.24, 2.45) is 12.0 Å². The fourth-order valence-corrected chi connectivity index (χ4v) is 4.69. The summed E-state index contributed by atoms with van der Waals surface area (Å²) in [5.74, 6) is 0.162. The minimum Gasteiger partial charge on any atom is -0.319 e. The molecule has 1 aromatic heterocycles. The number of hydrogen-bond donors (Lipinski definition) is 0. The van der Waals surface area contributed by atoms with Gasteiger partial charge in [0.15, 0.2) is 4.80 Å². The Labute approximate surface area is 158 Å². The molecular formula is C18H16ClFN2OS2. The smallest absolute Gasteiger partial charge is 0.249 e. The Morgan fingerprint density at radius 1 is 1.28 bits per heavy atom. The fraction of sp³-hybridized carbons (Fsp3) is 0.222. The lowest BCUT2D eigenvalue weighted by molar-refractivity contribution is -0.117. The molecule has 2 aromatic carbocycles. The molecule has 0 bridgehead atoms. The molecule has 1 heterocycles. The van der Waals surface area contributed by atoms with E-state index in [1.807, 2.05) is 30.7 Å². The number of thioether (sulfide) groups is 1. The lowest BCUT2D eigenvalue weighted by atomic mass is 10.2. The minimum atomic E-state index is -0.262. The number of thiazole rings is 1. The Kier molecular flexibility index (Phi) is 5.61. The van der Waals surface area contributed by atoms with Gasteiger partial charge in [0.1, 0.15) is 5.82 Å². The number of carbonyl (C=O) groups excluding carboxylic acids is 1. The number of rotatable bonds is 4. The summed E-state index contributed by atoms with van der Waals surface area (Å²) in [5, 5.41) is 0.668. The Hall–Kier alpha value is -1.63. The van der Waals surface area contributed by atoms with E-state index in [1.165, 1.54) is 35.2 Å². The summed E-state index contributed by atoms with van der Waals surface area (Å²) in [5.41, 5.74) is 2.10. The predicted molar refractivity (Wildman–Crippen MR) is 103 cm³/mol. The van der Waals surface area contributed by atoms with Crippen molar-refractivity contribution in [1.82, 2.24) is 4.57 Å². The second-order valence-corrected chi connectivity index (χ2v) is 8.10. The first-order valence-electron chi connectivity index (χ1n) is 7.66. The van der Waals surface area contributed by atoms with E-state index in [9.17, 15) is 9.18 Å². The maximum absolute atomic E-state index is 12.9. The van der Waals surface area contributed by atoms with Gasteiger partial charge in [0.2, 0.25) is 5.91 Å². The van der Waals surface area contributed by atoms with Gasteiger partial charge in [-0.15, -0.1) is 11.8 Å². The summed E-state index contributed by atoms with van der Waals surface area (Å²) in [6, 6.07) is 10.1. The molecule has 25 heavy (non-hydrogen) atoms. The van der Waals surface area contributed by atoms with E-state index in [-0.39, 0.29) is 11.7 Å². The van der Waals surface area contributed by atoms with Gasteiger partial charge in [-0.2, -0.15) is 4.99 Å². The third kappa shape index (κ3) is 4.14. The van der Waals surface area contributed by atoms with Crippen LogP contribution in [0.5, 0.6) is 0 Å². The summed E-state index contributed by atoms with van der Waals surface area (Å²) in [6.45, 7) is 2.01. The van der Waals surface area contributed by atoms with E-state index < -0.39 is 0 Å². The fourth-order valence-electron chi connectivity index (χ4n) is 2.46. The Balaban J connectivity index is 1.74. The van der Waals surface area contributed by atoms with E-state index >= 15 is 0 Å². The molecule has 3 nitrogen and oxygen atoms in total. The van der Waals surface area contributed by atoms with Crippen molar-refractivity contribution in [2.45, 2.75) is 18.2 Å². The standard InChI is InChI=1S/C18H16ClFN2OS2/c1-11-3-8-14(19)17-16(11)22(2)18(25-17)21-15(23)9-10-24-13-6-4-12(20)5-7-13/h3-8H,9-10H2,1-2H3. The van der Waals surface area contributed by atoms with Crippen molar-refractivity contribution in [2.75, 3.05) is 5.75 Å². The van der Waals surface area contributed by atoms with Crippen LogP contribution in [0.1, 0.15) is 12.0 Å². The van der Waals surface area contributed by atoms with Crippen LogP contribution in [0.2, 0.25) is 5.02 Å². The SMILES string of the molecule is Cc1ccc(Cl)c2sc(=NC(=O)CCSc3ccc(F)cc3)n(C)c12. The lowest BCUT2D eigenvalue weighted by Crippen LogP contribution is -2.13. The highest BCUT2D eigenvalue weighted by Gasteiger charge is 2.10. The summed E-state index contributed by atoms with van der Waals surface area (Å²) in [7, 11) is 1.89. The van der Waals surface area contributed by atoms with Crippen LogP contribution in [0.4, 0.5) is 4.39 Å². The van der Waals surface area contributed by atoms with E-state index in [0.717, 1.165) is 20.7 Å². The highest BCUT2D eigenvalue weighted by Crippen LogP contribution is 2.28. The first kappa shape index (κ1) is 18.2. The third-order valence-corrected chi connectivity index (χ3v) is 6.33. The highest BCUT2D eigenvalue weighted by atomic mass is 35.5. The summed E-state index contributed by atoms with van der Waals surface area (Å²) in [6.07, 6.45) is 0.322. The van der Waals surface area contributed by atoms with Gasteiger partial charge in [0.25, 0.3) is 0 Å². The maximum Gasteiger partial charge on any atom is 0.249 e. The monoisotopic (exact) mass is 394 g/mol. The number of aromatic nitrogens is 1. The second kappa shape index (κ2) is 7.72. The number of nitrogens with zero attached hydrogens (tertiary/aromatic N) is 2. The Bertz CT molecular complexity index is 993. The third-order valence-electron chi connectivity index (χ3n) is 3.72. The number of benzene rings is 2. The average Bonchev–Trinajstić information content (AvgIpc) is 2.91. The van der Waals surface area contributed by atoms with Crippen molar-refractivity contribution in [3.63, 3.8) is 0 Å². The minimum absolute atomic E-state index is 0.175. The molecule has 130 valence electrons. The first-order valence-corrected chi connectivity index (χ1v) is 9.84. The van der Waals surface area contributed by atoms with Crippen molar-refractivity contribution < 1.29 is 9.18 Å². The molecule has 0 aliphatic rings. The van der Waals surface area contributed by atoms with E-state index in [0.29, 0.717) is 22.0 Å². The zero-order valence-corrected chi connectivity index (χ0v) is 16.1. The lowest BCUT2D eigenvalue weighted by Gasteiger charge is -2.01. The molecule has 0 saturated carbocycles. The number of carbonyl (C=O) groups is 1. The normalized spacial score (nSPS) is 12.1. The molecule has 3 aromatic rings. The molecule has 1 amide bonds. The van der Waals surface area contributed by atoms with Gasteiger partial charge in [-0.1, -0.05) is 29.0 Å². The predicted octanol–water partition coefficient (Wildman–Crippen LogP) is 4.95. The zero-order chi connectivity index (χ0) is 18.0. The van der Waals surface area contributed by atoms with Crippen molar-refractivity contribution in [3.05, 3.63) is 57.6 Å². The summed E-state index contributed by atoms with van der Waals surface area (Å²) >= 11 is 9.18. The molecule has 0 unspecified atom stereocenters. The van der Waals surface area contributed by atoms with Crippen LogP contribution in [-0.4, -0.2) is 16.2 Å². The van der Waals surface area contributed by atoms with Crippen LogP contribution in [0.15, 0.2) is 46.3 Å². The zero-order valence-electron chi connectivity index (χ0n) is 13.8. The van der Waals surface area contributed by atoms with Gasteiger partial charge in [0.05, 0.1) is 15.2 Å². The van der Waals surface area contributed by atoms with Gasteiger partial charge in [-0.3, -0.25) is 4.79 Å². The van der Waals surface area contributed by atoms with E-state index in [4.69, 9.17) is 11.6 Å². The van der Waals surface area contributed by atoms with Gasteiger partial charge < -0.3 is 4.57 Å². The van der Waals surface area contributed by atoms with Crippen LogP contribution in [-0.2, 0) is 11.8 Å². The van der Waals surface area contributed by atoms with Crippen LogP contribution >= 0.6 is 34.7 Å². The maximum atomic E-state index is 12.9. The molecule has 7 heteroatoms. The van der Waals surface area contributed by atoms with Crippen LogP contribution < -0.4 is 4.80 Å². The van der Waals surface area contributed by atoms with Crippen molar-refractivity contribution in [3.8, 4) is 0 Å². The Morgan fingerprint density at radius 2 is 2.00 bits per heavy atom. The molecule has 0 saturated heterocycles. The van der Waals surface area contributed by atoms with E-state index in [2.05, 4.69) is 4.99 Å². The molecular weight excluding hydrogens is 379 g/mol. The molecule has 0 spiro atoms. The van der Waals surface area contributed by atoms with E-state index in [1.54, 1.807) is 12.1 Å². The molecule has 0 N–H and O–H groups in total. The summed E-state index contributed by atoms with van der Waals surface area (Å²) < 4.78 is 15.7. The molecule has 0 aliphatic carbocycles. The molecule has 0 fully saturated rings. The summed E-state index contributed by atoms with van der Waals surface area (Å²) in [4.78, 5) is 18.0. The average molecular weight is 395 g/mol. The number of amides is 1. The van der Waals surface area contributed by atoms with Gasteiger partial charge in [-0.05, 0) is 42.8 Å².